The lowest BCUT2D eigenvalue weighted by Crippen LogP contribution is -2.29. The van der Waals surface area contributed by atoms with Gasteiger partial charge >= 0.3 is 0 Å². The Balaban J connectivity index is 1.86. The molecule has 0 aliphatic heterocycles. The number of aryl methyl sites for hydroxylation is 1. The second kappa shape index (κ2) is 6.58. The minimum atomic E-state index is 0.768. The first-order valence-electron chi connectivity index (χ1n) is 8.77. The molecule has 4 N–H and O–H groups in total. The van der Waals surface area contributed by atoms with Crippen molar-refractivity contribution in [2.45, 2.75) is 13.5 Å². The van der Waals surface area contributed by atoms with Crippen LogP contribution in [0.4, 0.5) is 5.69 Å². The van der Waals surface area contributed by atoms with Crippen molar-refractivity contribution in [3.8, 4) is 0 Å². The SMILES string of the molecule is CCn1c2ccccc2c2cc(N(N)/C(=C\N)c3ccccc3)ccc21. The third kappa shape index (κ3) is 2.52. The first kappa shape index (κ1) is 16.2. The van der Waals surface area contributed by atoms with Gasteiger partial charge in [0, 0.05) is 40.1 Å². The molecule has 4 heteroatoms. The molecule has 0 unspecified atom stereocenters. The molecule has 0 saturated carbocycles. The molecule has 0 aliphatic rings. The summed E-state index contributed by atoms with van der Waals surface area (Å²) in [5, 5.41) is 4.07. The monoisotopic (exact) mass is 342 g/mol. The predicted molar refractivity (Wildman–Crippen MR) is 110 cm³/mol. The first-order chi connectivity index (χ1) is 12.7. The summed E-state index contributed by atoms with van der Waals surface area (Å²) in [6.07, 6.45) is 1.55. The largest absolute Gasteiger partial charge is 0.403 e. The Morgan fingerprint density at radius 3 is 2.35 bits per heavy atom. The van der Waals surface area contributed by atoms with Crippen molar-refractivity contribution in [2.75, 3.05) is 5.01 Å². The number of aromatic nitrogens is 1. The molecule has 0 atom stereocenters. The average Bonchev–Trinajstić information content (AvgIpc) is 3.02. The van der Waals surface area contributed by atoms with Gasteiger partial charge in [-0.2, -0.15) is 0 Å². The van der Waals surface area contributed by atoms with Crippen molar-refractivity contribution in [1.82, 2.24) is 4.57 Å². The zero-order valence-electron chi connectivity index (χ0n) is 14.8. The van der Waals surface area contributed by atoms with Gasteiger partial charge in [0.25, 0.3) is 0 Å². The fourth-order valence-electron chi connectivity index (χ4n) is 3.60. The van der Waals surface area contributed by atoms with E-state index in [4.69, 9.17) is 11.6 Å². The van der Waals surface area contributed by atoms with E-state index >= 15 is 0 Å². The van der Waals surface area contributed by atoms with E-state index in [-0.39, 0.29) is 0 Å². The molecule has 0 fully saturated rings. The maximum absolute atomic E-state index is 6.43. The van der Waals surface area contributed by atoms with Crippen LogP contribution >= 0.6 is 0 Å². The van der Waals surface area contributed by atoms with Crippen LogP contribution in [0, 0.1) is 0 Å². The Kier molecular flexibility index (Phi) is 4.11. The van der Waals surface area contributed by atoms with Crippen LogP contribution in [0.15, 0.2) is 79.0 Å². The third-order valence-corrected chi connectivity index (χ3v) is 4.84. The van der Waals surface area contributed by atoms with Gasteiger partial charge in [0.05, 0.1) is 11.4 Å². The number of hydrogen-bond donors (Lipinski definition) is 2. The summed E-state index contributed by atoms with van der Waals surface area (Å²) in [6, 6.07) is 24.7. The topological polar surface area (TPSA) is 60.2 Å². The molecule has 1 heterocycles. The third-order valence-electron chi connectivity index (χ3n) is 4.84. The lowest BCUT2D eigenvalue weighted by molar-refractivity contribution is 0.827. The Hall–Kier alpha value is -3.24. The zero-order valence-corrected chi connectivity index (χ0v) is 14.8. The number of anilines is 1. The second-order valence-electron chi connectivity index (χ2n) is 6.25. The Bertz CT molecular complexity index is 1090. The van der Waals surface area contributed by atoms with Crippen LogP contribution in [-0.4, -0.2) is 4.57 Å². The standard InChI is InChI=1S/C22H22N4/c1-2-25-20-11-7-6-10-18(20)19-14-17(12-13-21(19)25)26(24)22(15-23)16-8-4-3-5-9-16/h3-15H,2,23-24H2,1H3/b22-15-. The molecule has 0 bridgehead atoms. The number of fused-ring (bicyclic) bond motifs is 3. The highest BCUT2D eigenvalue weighted by Crippen LogP contribution is 2.33. The van der Waals surface area contributed by atoms with Crippen molar-refractivity contribution in [3.63, 3.8) is 0 Å². The minimum absolute atomic E-state index is 0.768. The van der Waals surface area contributed by atoms with Gasteiger partial charge in [-0.3, -0.25) is 5.01 Å². The van der Waals surface area contributed by atoms with E-state index in [1.54, 1.807) is 11.2 Å². The van der Waals surface area contributed by atoms with Crippen molar-refractivity contribution in [1.29, 1.82) is 0 Å². The van der Waals surface area contributed by atoms with Gasteiger partial charge in [-0.25, -0.2) is 5.84 Å². The van der Waals surface area contributed by atoms with E-state index in [2.05, 4.69) is 47.9 Å². The Morgan fingerprint density at radius 2 is 1.62 bits per heavy atom. The summed E-state index contributed by atoms with van der Waals surface area (Å²) in [5.41, 5.74) is 11.0. The smallest absolute Gasteiger partial charge is 0.0801 e. The van der Waals surface area contributed by atoms with Gasteiger partial charge in [0.1, 0.15) is 0 Å². The van der Waals surface area contributed by atoms with Crippen molar-refractivity contribution in [2.24, 2.45) is 11.6 Å². The molecule has 4 nitrogen and oxygen atoms in total. The Morgan fingerprint density at radius 1 is 0.923 bits per heavy atom. The molecule has 0 aliphatic carbocycles. The highest BCUT2D eigenvalue weighted by Gasteiger charge is 2.14. The molecule has 0 radical (unpaired) electrons. The van der Waals surface area contributed by atoms with E-state index in [0.29, 0.717) is 0 Å². The lowest BCUT2D eigenvalue weighted by atomic mass is 10.1. The van der Waals surface area contributed by atoms with Crippen LogP contribution in [0.25, 0.3) is 27.5 Å². The van der Waals surface area contributed by atoms with Crippen LogP contribution in [0.2, 0.25) is 0 Å². The van der Waals surface area contributed by atoms with E-state index in [1.165, 1.54) is 21.8 Å². The molecule has 130 valence electrons. The van der Waals surface area contributed by atoms with E-state index < -0.39 is 0 Å². The van der Waals surface area contributed by atoms with Gasteiger partial charge in [-0.15, -0.1) is 0 Å². The fourth-order valence-corrected chi connectivity index (χ4v) is 3.60. The van der Waals surface area contributed by atoms with E-state index in [1.807, 2.05) is 36.4 Å². The molecular weight excluding hydrogens is 320 g/mol. The Labute approximate surface area is 152 Å². The van der Waals surface area contributed by atoms with Gasteiger partial charge in [0.2, 0.25) is 0 Å². The number of para-hydroxylation sites is 1. The minimum Gasteiger partial charge on any atom is -0.403 e. The number of nitrogens with two attached hydrogens (primary N) is 2. The van der Waals surface area contributed by atoms with Crippen LogP contribution in [0.5, 0.6) is 0 Å². The van der Waals surface area contributed by atoms with Crippen molar-refractivity contribution >= 4 is 33.2 Å². The van der Waals surface area contributed by atoms with Gasteiger partial charge < -0.3 is 10.3 Å². The molecule has 3 aromatic carbocycles. The maximum Gasteiger partial charge on any atom is 0.0801 e. The number of hydrogen-bond acceptors (Lipinski definition) is 3. The summed E-state index contributed by atoms with van der Waals surface area (Å²) in [7, 11) is 0. The lowest BCUT2D eigenvalue weighted by Gasteiger charge is -2.22. The summed E-state index contributed by atoms with van der Waals surface area (Å²) >= 11 is 0. The highest BCUT2D eigenvalue weighted by molar-refractivity contribution is 6.09. The number of hydrazine groups is 1. The second-order valence-corrected chi connectivity index (χ2v) is 6.25. The summed E-state index contributed by atoms with van der Waals surface area (Å²) in [6.45, 7) is 3.09. The summed E-state index contributed by atoms with van der Waals surface area (Å²) < 4.78 is 2.33. The highest BCUT2D eigenvalue weighted by atomic mass is 15.4. The summed E-state index contributed by atoms with van der Waals surface area (Å²) in [4.78, 5) is 0. The fraction of sp³-hybridized carbons (Fsp3) is 0.0909. The van der Waals surface area contributed by atoms with Crippen LogP contribution in [0.1, 0.15) is 12.5 Å². The van der Waals surface area contributed by atoms with E-state index in [9.17, 15) is 0 Å². The molecule has 1 aromatic heterocycles. The van der Waals surface area contributed by atoms with Crippen LogP contribution in [0.3, 0.4) is 0 Å². The molecule has 4 rings (SSSR count). The van der Waals surface area contributed by atoms with Gasteiger partial charge in [0.15, 0.2) is 0 Å². The van der Waals surface area contributed by atoms with E-state index in [0.717, 1.165) is 23.5 Å². The normalized spacial score (nSPS) is 12.0. The molecule has 0 spiro atoms. The average molecular weight is 342 g/mol. The molecule has 26 heavy (non-hydrogen) atoms. The molecule has 0 amide bonds. The number of rotatable bonds is 4. The number of benzene rings is 3. The van der Waals surface area contributed by atoms with Crippen LogP contribution < -0.4 is 16.6 Å². The summed E-state index contributed by atoms with van der Waals surface area (Å²) in [5.74, 6) is 6.43. The van der Waals surface area contributed by atoms with Crippen molar-refractivity contribution < 1.29 is 0 Å². The van der Waals surface area contributed by atoms with Gasteiger partial charge in [-0.05, 0) is 31.2 Å². The van der Waals surface area contributed by atoms with Gasteiger partial charge in [-0.1, -0.05) is 48.5 Å². The molecular formula is C22H22N4. The van der Waals surface area contributed by atoms with Crippen LogP contribution in [-0.2, 0) is 6.54 Å². The first-order valence-corrected chi connectivity index (χ1v) is 8.77. The van der Waals surface area contributed by atoms with Crippen molar-refractivity contribution in [3.05, 3.63) is 84.6 Å². The molecule has 0 saturated heterocycles. The number of nitrogens with zero attached hydrogens (tertiary/aromatic N) is 2. The predicted octanol–water partition coefficient (Wildman–Crippen LogP) is 4.45. The zero-order chi connectivity index (χ0) is 18.1. The quantitative estimate of drug-likeness (QED) is 0.425. The maximum atomic E-state index is 6.43. The molecule has 4 aromatic rings.